The highest BCUT2D eigenvalue weighted by molar-refractivity contribution is 5.33. The molecule has 5 nitrogen and oxygen atoms in total. The maximum absolute atomic E-state index is 9.01. The van der Waals surface area contributed by atoms with Gasteiger partial charge in [0.25, 0.3) is 0 Å². The molecule has 23 heavy (non-hydrogen) atoms. The van der Waals surface area contributed by atoms with Gasteiger partial charge in [0, 0.05) is 31.0 Å². The summed E-state index contributed by atoms with van der Waals surface area (Å²) in [6.07, 6.45) is 4.08. The van der Waals surface area contributed by atoms with Gasteiger partial charge in [-0.2, -0.15) is 5.26 Å². The highest BCUT2D eigenvalue weighted by Gasteiger charge is 2.20. The van der Waals surface area contributed by atoms with Crippen LogP contribution in [0.2, 0.25) is 0 Å². The van der Waals surface area contributed by atoms with Crippen molar-refractivity contribution in [2.45, 2.75) is 32.4 Å². The van der Waals surface area contributed by atoms with Gasteiger partial charge in [0.15, 0.2) is 0 Å². The quantitative estimate of drug-likeness (QED) is 0.941. The van der Waals surface area contributed by atoms with E-state index in [1.54, 1.807) is 6.20 Å². The molecule has 0 bridgehead atoms. The Kier molecular flexibility index (Phi) is 4.84. The Hall–Kier alpha value is -2.45. The summed E-state index contributed by atoms with van der Waals surface area (Å²) in [6, 6.07) is 12.3. The number of hydrogen-bond acceptors (Lipinski definition) is 5. The molecular weight excluding hydrogens is 286 g/mol. The van der Waals surface area contributed by atoms with E-state index in [1.807, 2.05) is 31.2 Å². The summed E-state index contributed by atoms with van der Waals surface area (Å²) in [4.78, 5) is 11.1. The first-order valence-corrected chi connectivity index (χ1v) is 8.00. The third-order valence-corrected chi connectivity index (χ3v) is 4.10. The topological polar surface area (TPSA) is 64.8 Å². The van der Waals surface area contributed by atoms with Crippen LogP contribution < -0.4 is 5.32 Å². The third kappa shape index (κ3) is 4.27. The number of likely N-dealkylation sites (tertiary alicyclic amines) is 1. The molecule has 2 aromatic rings. The molecule has 2 heterocycles. The average molecular weight is 307 g/mol. The normalized spacial score (nSPS) is 18.3. The number of piperidine rings is 1. The highest BCUT2D eigenvalue weighted by Crippen LogP contribution is 2.17. The van der Waals surface area contributed by atoms with E-state index in [-0.39, 0.29) is 0 Å². The third-order valence-electron chi connectivity index (χ3n) is 4.10. The number of aromatic nitrogens is 2. The first kappa shape index (κ1) is 15.4. The fourth-order valence-electron chi connectivity index (χ4n) is 3.02. The molecule has 3 rings (SSSR count). The molecule has 1 aliphatic heterocycles. The van der Waals surface area contributed by atoms with Crippen molar-refractivity contribution in [3.63, 3.8) is 0 Å². The van der Waals surface area contributed by atoms with Gasteiger partial charge >= 0.3 is 0 Å². The SMILES string of the molecule is Cc1ccnc(NC2CCCN(Cc3cccc(C#N)c3)C2)n1. The minimum absolute atomic E-state index is 0.365. The number of hydrogen-bond donors (Lipinski definition) is 1. The fourth-order valence-corrected chi connectivity index (χ4v) is 3.02. The average Bonchev–Trinajstić information content (AvgIpc) is 2.55. The van der Waals surface area contributed by atoms with Crippen LogP contribution in [0.3, 0.4) is 0 Å². The van der Waals surface area contributed by atoms with Crippen molar-refractivity contribution in [1.29, 1.82) is 5.26 Å². The number of benzene rings is 1. The van der Waals surface area contributed by atoms with E-state index in [9.17, 15) is 0 Å². The van der Waals surface area contributed by atoms with E-state index in [1.165, 1.54) is 5.56 Å². The van der Waals surface area contributed by atoms with Crippen LogP contribution in [0.4, 0.5) is 5.95 Å². The minimum atomic E-state index is 0.365. The Labute approximate surface area is 137 Å². The lowest BCUT2D eigenvalue weighted by Crippen LogP contribution is -2.41. The molecule has 1 fully saturated rings. The molecule has 1 aromatic carbocycles. The van der Waals surface area contributed by atoms with Crippen LogP contribution >= 0.6 is 0 Å². The lowest BCUT2D eigenvalue weighted by Gasteiger charge is -2.33. The maximum atomic E-state index is 9.01. The van der Waals surface area contributed by atoms with Crippen LogP contribution in [0.5, 0.6) is 0 Å². The van der Waals surface area contributed by atoms with Crippen molar-refractivity contribution in [2.24, 2.45) is 0 Å². The molecule has 5 heteroatoms. The van der Waals surface area contributed by atoms with Gasteiger partial charge in [-0.1, -0.05) is 12.1 Å². The molecule has 0 saturated carbocycles. The van der Waals surface area contributed by atoms with E-state index in [4.69, 9.17) is 5.26 Å². The summed E-state index contributed by atoms with van der Waals surface area (Å²) >= 11 is 0. The fraction of sp³-hybridized carbons (Fsp3) is 0.389. The Morgan fingerprint density at radius 3 is 3.13 bits per heavy atom. The molecule has 0 amide bonds. The Morgan fingerprint density at radius 1 is 1.39 bits per heavy atom. The van der Waals surface area contributed by atoms with Gasteiger partial charge in [0.05, 0.1) is 11.6 Å². The van der Waals surface area contributed by atoms with E-state index >= 15 is 0 Å². The lowest BCUT2D eigenvalue weighted by molar-refractivity contribution is 0.208. The number of rotatable bonds is 4. The molecule has 0 radical (unpaired) electrons. The van der Waals surface area contributed by atoms with E-state index in [2.05, 4.69) is 32.3 Å². The van der Waals surface area contributed by atoms with Gasteiger partial charge in [-0.15, -0.1) is 0 Å². The van der Waals surface area contributed by atoms with Crippen LogP contribution in [0.15, 0.2) is 36.5 Å². The Bertz CT molecular complexity index is 707. The standard InChI is InChI=1S/C18H21N5/c1-14-7-8-20-18(21-14)22-17-6-3-9-23(13-17)12-16-5-2-4-15(10-16)11-19/h2,4-5,7-8,10,17H,3,6,9,12-13H2,1H3,(H,20,21,22). The zero-order valence-corrected chi connectivity index (χ0v) is 13.4. The molecule has 1 aromatic heterocycles. The first-order chi connectivity index (χ1) is 11.2. The summed E-state index contributed by atoms with van der Waals surface area (Å²) in [6.45, 7) is 4.91. The molecule has 0 aliphatic carbocycles. The summed E-state index contributed by atoms with van der Waals surface area (Å²) in [5, 5.41) is 12.5. The van der Waals surface area contributed by atoms with Gasteiger partial charge in [-0.05, 0) is 50.1 Å². The summed E-state index contributed by atoms with van der Waals surface area (Å²) in [7, 11) is 0. The molecule has 1 unspecified atom stereocenters. The van der Waals surface area contributed by atoms with Gasteiger partial charge in [0.2, 0.25) is 5.95 Å². The van der Waals surface area contributed by atoms with Gasteiger partial charge in [-0.25, -0.2) is 9.97 Å². The van der Waals surface area contributed by atoms with Crippen LogP contribution in [-0.4, -0.2) is 34.0 Å². The predicted molar refractivity (Wildman–Crippen MR) is 89.8 cm³/mol. The lowest BCUT2D eigenvalue weighted by atomic mass is 10.0. The van der Waals surface area contributed by atoms with Crippen molar-refractivity contribution in [3.05, 3.63) is 53.3 Å². The zero-order valence-electron chi connectivity index (χ0n) is 13.4. The Balaban J connectivity index is 1.60. The largest absolute Gasteiger partial charge is 0.350 e. The smallest absolute Gasteiger partial charge is 0.223 e. The molecule has 1 atom stereocenters. The molecule has 1 N–H and O–H groups in total. The van der Waals surface area contributed by atoms with Crippen LogP contribution in [0.1, 0.15) is 29.7 Å². The second-order valence-electron chi connectivity index (χ2n) is 6.05. The van der Waals surface area contributed by atoms with E-state index < -0.39 is 0 Å². The predicted octanol–water partition coefficient (Wildman–Crippen LogP) is 2.73. The van der Waals surface area contributed by atoms with Crippen LogP contribution in [0, 0.1) is 18.3 Å². The second-order valence-corrected chi connectivity index (χ2v) is 6.05. The molecular formula is C18H21N5. The van der Waals surface area contributed by atoms with Crippen molar-refractivity contribution < 1.29 is 0 Å². The molecule has 118 valence electrons. The van der Waals surface area contributed by atoms with Crippen molar-refractivity contribution >= 4 is 5.95 Å². The van der Waals surface area contributed by atoms with Gasteiger partial charge in [-0.3, -0.25) is 4.90 Å². The molecule has 1 aliphatic rings. The minimum Gasteiger partial charge on any atom is -0.350 e. The number of nitrogens with zero attached hydrogens (tertiary/aromatic N) is 4. The number of nitriles is 1. The molecule has 0 spiro atoms. The summed E-state index contributed by atoms with van der Waals surface area (Å²) < 4.78 is 0. The van der Waals surface area contributed by atoms with Crippen molar-refractivity contribution in [1.82, 2.24) is 14.9 Å². The number of aryl methyl sites for hydroxylation is 1. The van der Waals surface area contributed by atoms with Crippen molar-refractivity contribution in [2.75, 3.05) is 18.4 Å². The zero-order chi connectivity index (χ0) is 16.1. The number of nitrogens with one attached hydrogen (secondary N) is 1. The van der Waals surface area contributed by atoms with Gasteiger partial charge in [0.1, 0.15) is 0 Å². The maximum Gasteiger partial charge on any atom is 0.223 e. The van der Waals surface area contributed by atoms with E-state index in [0.29, 0.717) is 12.0 Å². The van der Waals surface area contributed by atoms with Crippen LogP contribution in [0.25, 0.3) is 0 Å². The van der Waals surface area contributed by atoms with Crippen molar-refractivity contribution in [3.8, 4) is 6.07 Å². The summed E-state index contributed by atoms with van der Waals surface area (Å²) in [5.74, 6) is 0.711. The highest BCUT2D eigenvalue weighted by atomic mass is 15.2. The molecule has 1 saturated heterocycles. The monoisotopic (exact) mass is 307 g/mol. The van der Waals surface area contributed by atoms with E-state index in [0.717, 1.165) is 43.7 Å². The number of anilines is 1. The van der Waals surface area contributed by atoms with Crippen LogP contribution in [-0.2, 0) is 6.54 Å². The first-order valence-electron chi connectivity index (χ1n) is 8.00. The Morgan fingerprint density at radius 2 is 2.30 bits per heavy atom. The second kappa shape index (κ2) is 7.21. The summed E-state index contributed by atoms with van der Waals surface area (Å²) in [5.41, 5.74) is 2.89. The van der Waals surface area contributed by atoms with Gasteiger partial charge < -0.3 is 5.32 Å².